The maximum atomic E-state index is 4.67. The van der Waals surface area contributed by atoms with Crippen LogP contribution in [0.4, 0.5) is 5.95 Å². The zero-order valence-corrected chi connectivity index (χ0v) is 15.7. The Kier molecular flexibility index (Phi) is 5.60. The molecule has 1 aliphatic rings. The lowest BCUT2D eigenvalue weighted by molar-refractivity contribution is 0.123. The van der Waals surface area contributed by atoms with Gasteiger partial charge in [-0.1, -0.05) is 0 Å². The van der Waals surface area contributed by atoms with Crippen LogP contribution in [0.15, 0.2) is 24.4 Å². The van der Waals surface area contributed by atoms with E-state index in [1.54, 1.807) is 0 Å². The van der Waals surface area contributed by atoms with Gasteiger partial charge in [-0.05, 0) is 46.0 Å². The van der Waals surface area contributed by atoms with Gasteiger partial charge in [0.15, 0.2) is 0 Å². The molecule has 3 heterocycles. The van der Waals surface area contributed by atoms with Crippen molar-refractivity contribution in [1.29, 1.82) is 0 Å². The van der Waals surface area contributed by atoms with Crippen molar-refractivity contribution in [2.75, 3.05) is 45.1 Å². The molecule has 1 fully saturated rings. The fraction of sp³-hybridized carbons (Fsp3) is 0.526. The second-order valence-corrected chi connectivity index (χ2v) is 6.92. The molecular weight excluding hydrogens is 312 g/mol. The summed E-state index contributed by atoms with van der Waals surface area (Å²) in [6.07, 6.45) is 1.81. The second-order valence-electron chi connectivity index (χ2n) is 6.92. The second kappa shape index (κ2) is 7.89. The Labute approximate surface area is 150 Å². The highest BCUT2D eigenvalue weighted by Gasteiger charge is 2.19. The third kappa shape index (κ3) is 4.52. The van der Waals surface area contributed by atoms with Gasteiger partial charge in [0.25, 0.3) is 0 Å². The quantitative estimate of drug-likeness (QED) is 0.900. The fourth-order valence-corrected chi connectivity index (χ4v) is 3.18. The molecule has 0 unspecified atom stereocenters. The molecule has 0 aromatic carbocycles. The first-order chi connectivity index (χ1) is 12.0. The van der Waals surface area contributed by atoms with Gasteiger partial charge in [0.2, 0.25) is 5.95 Å². The Morgan fingerprint density at radius 1 is 1.08 bits per heavy atom. The van der Waals surface area contributed by atoms with E-state index in [0.717, 1.165) is 55.4 Å². The van der Waals surface area contributed by atoms with Gasteiger partial charge in [-0.25, -0.2) is 9.97 Å². The van der Waals surface area contributed by atoms with Crippen molar-refractivity contribution < 1.29 is 0 Å². The fourth-order valence-electron chi connectivity index (χ4n) is 3.18. The van der Waals surface area contributed by atoms with Crippen LogP contribution in [0.5, 0.6) is 0 Å². The summed E-state index contributed by atoms with van der Waals surface area (Å²) < 4.78 is 0. The van der Waals surface area contributed by atoms with E-state index >= 15 is 0 Å². The van der Waals surface area contributed by atoms with Gasteiger partial charge in [-0.2, -0.15) is 0 Å². The number of likely N-dealkylation sites (N-methyl/N-ethyl adjacent to an activating group) is 1. The number of rotatable bonds is 5. The summed E-state index contributed by atoms with van der Waals surface area (Å²) in [6, 6.07) is 6.50. The van der Waals surface area contributed by atoms with Crippen LogP contribution >= 0.6 is 0 Å². The average molecular weight is 340 g/mol. The molecule has 0 radical (unpaired) electrons. The van der Waals surface area contributed by atoms with Crippen molar-refractivity contribution in [3.05, 3.63) is 35.8 Å². The number of pyridine rings is 1. The standard InChI is InChI=1S/C19H28N6/c1-14-5-6-17(16(3)22-14)18-7-8-20-19(23-18)21-13-15(2)25-11-9-24(4)10-12-25/h5-8,15H,9-13H2,1-4H3,(H,20,21,23)/t15-/m1/s1. The van der Waals surface area contributed by atoms with Crippen LogP contribution in [-0.4, -0.2) is 70.6 Å². The van der Waals surface area contributed by atoms with Crippen LogP contribution in [0.2, 0.25) is 0 Å². The first-order valence-electron chi connectivity index (χ1n) is 8.97. The lowest BCUT2D eigenvalue weighted by Gasteiger charge is -2.36. The monoisotopic (exact) mass is 340 g/mol. The summed E-state index contributed by atoms with van der Waals surface area (Å²) in [5, 5.41) is 3.40. The number of hydrogen-bond donors (Lipinski definition) is 1. The molecule has 1 atom stereocenters. The highest BCUT2D eigenvalue weighted by atomic mass is 15.3. The van der Waals surface area contributed by atoms with E-state index in [0.29, 0.717) is 12.0 Å². The van der Waals surface area contributed by atoms with E-state index in [9.17, 15) is 0 Å². The molecule has 6 nitrogen and oxygen atoms in total. The van der Waals surface area contributed by atoms with E-state index in [-0.39, 0.29) is 0 Å². The predicted octanol–water partition coefficient (Wildman–Crippen LogP) is 2.20. The molecule has 25 heavy (non-hydrogen) atoms. The molecule has 134 valence electrons. The first kappa shape index (κ1) is 17.8. The Morgan fingerprint density at radius 3 is 2.56 bits per heavy atom. The van der Waals surface area contributed by atoms with Crippen LogP contribution in [-0.2, 0) is 0 Å². The van der Waals surface area contributed by atoms with Gasteiger partial charge in [0, 0.05) is 61.9 Å². The summed E-state index contributed by atoms with van der Waals surface area (Å²) >= 11 is 0. The minimum atomic E-state index is 0.462. The third-order valence-corrected chi connectivity index (χ3v) is 4.87. The summed E-state index contributed by atoms with van der Waals surface area (Å²) in [4.78, 5) is 18.5. The number of piperazine rings is 1. The highest BCUT2D eigenvalue weighted by molar-refractivity contribution is 5.62. The van der Waals surface area contributed by atoms with E-state index in [1.165, 1.54) is 0 Å². The summed E-state index contributed by atoms with van der Waals surface area (Å²) in [7, 11) is 2.18. The van der Waals surface area contributed by atoms with E-state index in [1.807, 2.05) is 32.2 Å². The van der Waals surface area contributed by atoms with Crippen molar-refractivity contribution in [1.82, 2.24) is 24.8 Å². The molecule has 1 N–H and O–H groups in total. The minimum Gasteiger partial charge on any atom is -0.353 e. The van der Waals surface area contributed by atoms with Gasteiger partial charge in [0.1, 0.15) is 0 Å². The first-order valence-corrected chi connectivity index (χ1v) is 8.97. The maximum Gasteiger partial charge on any atom is 0.223 e. The highest BCUT2D eigenvalue weighted by Crippen LogP contribution is 2.21. The molecule has 1 aliphatic heterocycles. The molecule has 0 saturated carbocycles. The van der Waals surface area contributed by atoms with E-state index in [4.69, 9.17) is 0 Å². The molecule has 2 aromatic heterocycles. The predicted molar refractivity (Wildman–Crippen MR) is 102 cm³/mol. The largest absolute Gasteiger partial charge is 0.353 e. The molecule has 0 spiro atoms. The van der Waals surface area contributed by atoms with Crippen molar-refractivity contribution in [2.24, 2.45) is 0 Å². The normalized spacial score (nSPS) is 17.4. The van der Waals surface area contributed by atoms with Crippen LogP contribution in [0.3, 0.4) is 0 Å². The number of aromatic nitrogens is 3. The number of aryl methyl sites for hydroxylation is 2. The van der Waals surface area contributed by atoms with Crippen molar-refractivity contribution in [3.8, 4) is 11.3 Å². The number of hydrogen-bond acceptors (Lipinski definition) is 6. The molecule has 2 aromatic rings. The van der Waals surface area contributed by atoms with Crippen molar-refractivity contribution >= 4 is 5.95 Å². The number of nitrogens with zero attached hydrogens (tertiary/aromatic N) is 5. The molecule has 0 aliphatic carbocycles. The Balaban J connectivity index is 1.64. The van der Waals surface area contributed by atoms with E-state index in [2.05, 4.69) is 50.1 Å². The van der Waals surface area contributed by atoms with E-state index < -0.39 is 0 Å². The Bertz CT molecular complexity index is 709. The Morgan fingerprint density at radius 2 is 1.84 bits per heavy atom. The summed E-state index contributed by atoms with van der Waals surface area (Å²) in [5.41, 5.74) is 3.99. The Hall–Kier alpha value is -2.05. The molecule has 6 heteroatoms. The minimum absolute atomic E-state index is 0.462. The van der Waals surface area contributed by atoms with Crippen LogP contribution < -0.4 is 5.32 Å². The van der Waals surface area contributed by atoms with Crippen LogP contribution in [0.1, 0.15) is 18.3 Å². The molecule has 0 amide bonds. The van der Waals surface area contributed by atoms with Crippen molar-refractivity contribution in [3.63, 3.8) is 0 Å². The number of anilines is 1. The topological polar surface area (TPSA) is 57.2 Å². The molecule has 1 saturated heterocycles. The zero-order valence-electron chi connectivity index (χ0n) is 15.7. The van der Waals surface area contributed by atoms with Gasteiger partial charge in [0.05, 0.1) is 5.69 Å². The average Bonchev–Trinajstić information content (AvgIpc) is 2.60. The summed E-state index contributed by atoms with van der Waals surface area (Å²) in [6.45, 7) is 11.6. The van der Waals surface area contributed by atoms with Gasteiger partial charge < -0.3 is 10.2 Å². The molecule has 3 rings (SSSR count). The zero-order chi connectivity index (χ0) is 17.8. The lowest BCUT2D eigenvalue weighted by Crippen LogP contribution is -2.49. The van der Waals surface area contributed by atoms with Gasteiger partial charge in [-0.15, -0.1) is 0 Å². The molecular formula is C19H28N6. The summed E-state index contributed by atoms with van der Waals surface area (Å²) in [5.74, 6) is 0.679. The SMILES string of the molecule is Cc1ccc(-c2ccnc(NC[C@@H](C)N3CCN(C)CC3)n2)c(C)n1. The third-order valence-electron chi connectivity index (χ3n) is 4.87. The number of nitrogens with one attached hydrogen (secondary N) is 1. The van der Waals surface area contributed by atoms with Crippen LogP contribution in [0.25, 0.3) is 11.3 Å². The van der Waals surface area contributed by atoms with Gasteiger partial charge in [-0.3, -0.25) is 9.88 Å². The van der Waals surface area contributed by atoms with Crippen LogP contribution in [0, 0.1) is 13.8 Å². The lowest BCUT2D eigenvalue weighted by atomic mass is 10.1. The van der Waals surface area contributed by atoms with Crippen molar-refractivity contribution in [2.45, 2.75) is 26.8 Å². The smallest absolute Gasteiger partial charge is 0.223 e. The maximum absolute atomic E-state index is 4.67. The van der Waals surface area contributed by atoms with Gasteiger partial charge >= 0.3 is 0 Å². The molecule has 0 bridgehead atoms.